The van der Waals surface area contributed by atoms with Gasteiger partial charge in [0.2, 0.25) is 5.91 Å². The molecule has 3 aromatic rings. The predicted molar refractivity (Wildman–Crippen MR) is 109 cm³/mol. The third-order valence-electron chi connectivity index (χ3n) is 5.60. The van der Waals surface area contributed by atoms with Gasteiger partial charge in [-0.05, 0) is 43.7 Å². The number of rotatable bonds is 4. The summed E-state index contributed by atoms with van der Waals surface area (Å²) in [5, 5.41) is 7.18. The number of hydrogen-bond donors (Lipinski definition) is 1. The van der Waals surface area contributed by atoms with Gasteiger partial charge >= 0.3 is 0 Å². The summed E-state index contributed by atoms with van der Waals surface area (Å²) in [5.74, 6) is -5.35. The molecule has 2 aliphatic rings. The first kappa shape index (κ1) is 20.6. The molecule has 0 bridgehead atoms. The summed E-state index contributed by atoms with van der Waals surface area (Å²) >= 11 is 0. The van der Waals surface area contributed by atoms with Crippen LogP contribution in [0.15, 0.2) is 36.7 Å². The van der Waals surface area contributed by atoms with Crippen LogP contribution in [0.1, 0.15) is 26.0 Å². The molecule has 32 heavy (non-hydrogen) atoms. The Morgan fingerprint density at radius 1 is 1.25 bits per heavy atom. The summed E-state index contributed by atoms with van der Waals surface area (Å²) in [4.78, 5) is 20.4. The molecule has 0 radical (unpaired) electrons. The fraction of sp³-hybridized carbons (Fsp3) is 0.364. The minimum absolute atomic E-state index is 0.158. The molecular weight excluding hydrogens is 423 g/mol. The zero-order chi connectivity index (χ0) is 22.7. The average Bonchev–Trinajstić information content (AvgIpc) is 3.22. The molecule has 1 saturated carbocycles. The van der Waals surface area contributed by atoms with E-state index in [2.05, 4.69) is 15.3 Å². The van der Waals surface area contributed by atoms with Crippen molar-refractivity contribution in [3.63, 3.8) is 0 Å². The van der Waals surface area contributed by atoms with Crippen molar-refractivity contribution in [1.82, 2.24) is 19.7 Å². The molecule has 1 aliphatic heterocycles. The monoisotopic (exact) mass is 443 g/mol. The molecule has 1 fully saturated rings. The van der Waals surface area contributed by atoms with Crippen molar-refractivity contribution >= 4 is 11.7 Å². The number of carbonyl (C=O) groups is 1. The standard InChI is InChI=1S/C22H20F3N5O2/c1-21(2)11-30-16(10-32-21)18(19(29-30)15-4-3-13(23)9-27-15)12-5-6-26-17(7-12)28-20(31)14-8-22(14,24)25/h3-7,9,14H,8,10-11H2,1-2H3,(H,26,28,31). The number of ether oxygens (including phenoxy) is 1. The van der Waals surface area contributed by atoms with E-state index in [0.717, 1.165) is 11.9 Å². The van der Waals surface area contributed by atoms with Gasteiger partial charge in [-0.15, -0.1) is 0 Å². The number of nitrogens with one attached hydrogen (secondary N) is 1. The van der Waals surface area contributed by atoms with Crippen LogP contribution in [0.4, 0.5) is 19.0 Å². The largest absolute Gasteiger partial charge is 0.367 e. The van der Waals surface area contributed by atoms with Crippen molar-refractivity contribution in [1.29, 1.82) is 0 Å². The van der Waals surface area contributed by atoms with Crippen LogP contribution in [0.25, 0.3) is 22.5 Å². The molecule has 0 spiro atoms. The van der Waals surface area contributed by atoms with E-state index >= 15 is 0 Å². The van der Waals surface area contributed by atoms with Crippen LogP contribution < -0.4 is 5.32 Å². The Kier molecular flexibility index (Phi) is 4.59. The Hall–Kier alpha value is -3.27. The van der Waals surface area contributed by atoms with Crippen LogP contribution in [-0.4, -0.2) is 37.2 Å². The van der Waals surface area contributed by atoms with Gasteiger partial charge in [0.15, 0.2) is 0 Å². The molecule has 166 valence electrons. The maximum absolute atomic E-state index is 13.4. The molecule has 0 aromatic carbocycles. The maximum atomic E-state index is 13.4. The van der Waals surface area contributed by atoms with E-state index in [1.54, 1.807) is 12.1 Å². The van der Waals surface area contributed by atoms with Crippen molar-refractivity contribution < 1.29 is 22.7 Å². The zero-order valence-electron chi connectivity index (χ0n) is 17.4. The summed E-state index contributed by atoms with van der Waals surface area (Å²) in [6.45, 7) is 4.71. The van der Waals surface area contributed by atoms with Crippen molar-refractivity contribution in [2.45, 2.75) is 44.9 Å². The van der Waals surface area contributed by atoms with E-state index in [1.807, 2.05) is 18.5 Å². The highest BCUT2D eigenvalue weighted by molar-refractivity contribution is 5.95. The van der Waals surface area contributed by atoms with Gasteiger partial charge in [0.25, 0.3) is 5.92 Å². The smallest absolute Gasteiger partial charge is 0.260 e. The highest BCUT2D eigenvalue weighted by atomic mass is 19.3. The van der Waals surface area contributed by atoms with E-state index < -0.39 is 35.6 Å². The Morgan fingerprint density at radius 3 is 2.72 bits per heavy atom. The van der Waals surface area contributed by atoms with Gasteiger partial charge in [-0.1, -0.05) is 0 Å². The van der Waals surface area contributed by atoms with Crippen LogP contribution in [0, 0.1) is 11.7 Å². The van der Waals surface area contributed by atoms with E-state index in [9.17, 15) is 18.0 Å². The number of hydrogen-bond acceptors (Lipinski definition) is 5. The first-order valence-corrected chi connectivity index (χ1v) is 10.1. The highest BCUT2D eigenvalue weighted by Gasteiger charge is 2.61. The molecule has 10 heteroatoms. The van der Waals surface area contributed by atoms with E-state index in [1.165, 1.54) is 18.3 Å². The SMILES string of the molecule is CC1(C)Cn2nc(-c3ccc(F)cn3)c(-c3ccnc(NC(=O)C4CC4(F)F)c3)c2CO1. The number of aromatic nitrogens is 4. The molecule has 4 heterocycles. The second-order valence-corrected chi connectivity index (χ2v) is 8.67. The fourth-order valence-corrected chi connectivity index (χ4v) is 3.81. The van der Waals surface area contributed by atoms with Crippen LogP contribution in [0.3, 0.4) is 0 Å². The summed E-state index contributed by atoms with van der Waals surface area (Å²) in [5.41, 5.74) is 2.73. The third-order valence-corrected chi connectivity index (χ3v) is 5.60. The number of fused-ring (bicyclic) bond motifs is 1. The molecule has 1 amide bonds. The summed E-state index contributed by atoms with van der Waals surface area (Å²) in [6.07, 6.45) is 2.14. The first-order valence-electron chi connectivity index (χ1n) is 10.1. The number of carbonyl (C=O) groups excluding carboxylic acids is 1. The number of pyridine rings is 2. The van der Waals surface area contributed by atoms with E-state index in [4.69, 9.17) is 9.84 Å². The summed E-state index contributed by atoms with van der Waals surface area (Å²) < 4.78 is 47.7. The quantitative estimate of drug-likeness (QED) is 0.658. The molecule has 5 rings (SSSR count). The Bertz CT molecular complexity index is 1210. The Labute approximate surface area is 181 Å². The lowest BCUT2D eigenvalue weighted by Gasteiger charge is -2.31. The Balaban J connectivity index is 1.56. The lowest BCUT2D eigenvalue weighted by Crippen LogP contribution is -2.36. The van der Waals surface area contributed by atoms with Crippen LogP contribution in [0.5, 0.6) is 0 Å². The fourth-order valence-electron chi connectivity index (χ4n) is 3.81. The molecule has 1 aliphatic carbocycles. The molecule has 7 nitrogen and oxygen atoms in total. The molecule has 1 unspecified atom stereocenters. The molecule has 3 aromatic heterocycles. The molecule has 1 N–H and O–H groups in total. The number of alkyl halides is 2. The van der Waals surface area contributed by atoms with Crippen molar-refractivity contribution in [3.8, 4) is 22.5 Å². The summed E-state index contributed by atoms with van der Waals surface area (Å²) in [7, 11) is 0. The van der Waals surface area contributed by atoms with Crippen molar-refractivity contribution in [2.24, 2.45) is 5.92 Å². The van der Waals surface area contributed by atoms with E-state index in [0.29, 0.717) is 29.1 Å². The van der Waals surface area contributed by atoms with Gasteiger partial charge in [-0.25, -0.2) is 18.2 Å². The predicted octanol–water partition coefficient (Wildman–Crippen LogP) is 4.05. The topological polar surface area (TPSA) is 81.9 Å². The minimum Gasteiger partial charge on any atom is -0.367 e. The highest BCUT2D eigenvalue weighted by Crippen LogP contribution is 2.49. The van der Waals surface area contributed by atoms with Gasteiger partial charge in [0, 0.05) is 18.2 Å². The zero-order valence-corrected chi connectivity index (χ0v) is 17.4. The van der Waals surface area contributed by atoms with Gasteiger partial charge in [0.05, 0.1) is 36.3 Å². The van der Waals surface area contributed by atoms with E-state index in [-0.39, 0.29) is 12.4 Å². The Morgan fingerprint density at radius 2 is 2.03 bits per heavy atom. The van der Waals surface area contributed by atoms with Crippen LogP contribution >= 0.6 is 0 Å². The molecule has 0 saturated heterocycles. The van der Waals surface area contributed by atoms with Gasteiger partial charge < -0.3 is 10.1 Å². The lowest BCUT2D eigenvalue weighted by molar-refractivity contribution is -0.119. The first-order chi connectivity index (χ1) is 15.1. The van der Waals surface area contributed by atoms with Crippen molar-refractivity contribution in [3.05, 3.63) is 48.2 Å². The van der Waals surface area contributed by atoms with Crippen LogP contribution in [0.2, 0.25) is 0 Å². The van der Waals surface area contributed by atoms with Gasteiger partial charge in [-0.2, -0.15) is 5.10 Å². The molecule has 1 atom stereocenters. The average molecular weight is 443 g/mol. The van der Waals surface area contributed by atoms with Crippen LogP contribution in [-0.2, 0) is 22.7 Å². The maximum Gasteiger partial charge on any atom is 0.260 e. The van der Waals surface area contributed by atoms with Crippen molar-refractivity contribution in [2.75, 3.05) is 5.32 Å². The number of nitrogens with zero attached hydrogens (tertiary/aromatic N) is 4. The number of amides is 1. The minimum atomic E-state index is -2.96. The van der Waals surface area contributed by atoms with Gasteiger partial charge in [-0.3, -0.25) is 14.5 Å². The van der Waals surface area contributed by atoms with Gasteiger partial charge in [0.1, 0.15) is 23.2 Å². The normalized spacial score (nSPS) is 20.5. The second-order valence-electron chi connectivity index (χ2n) is 8.67. The summed E-state index contributed by atoms with van der Waals surface area (Å²) in [6, 6.07) is 6.17. The molecular formula is C22H20F3N5O2. The lowest BCUT2D eigenvalue weighted by atomic mass is 10.0. The number of anilines is 1. The third kappa shape index (κ3) is 3.75. The second kappa shape index (κ2) is 7.13. The number of halogens is 3.